The van der Waals surface area contributed by atoms with Crippen LogP contribution >= 0.6 is 0 Å². The lowest BCUT2D eigenvalue weighted by atomic mass is 9.96. The van der Waals surface area contributed by atoms with Crippen molar-refractivity contribution in [2.24, 2.45) is 5.92 Å². The van der Waals surface area contributed by atoms with Crippen molar-refractivity contribution in [3.63, 3.8) is 0 Å². The molecule has 2 aromatic carbocycles. The van der Waals surface area contributed by atoms with Gasteiger partial charge in [-0.2, -0.15) is 0 Å². The van der Waals surface area contributed by atoms with Crippen LogP contribution in [0.3, 0.4) is 0 Å². The number of benzene rings is 2. The molecule has 172 valence electrons. The maximum Gasteiger partial charge on any atom is 0.226 e. The van der Waals surface area contributed by atoms with E-state index in [-0.39, 0.29) is 23.8 Å². The zero-order valence-electron chi connectivity index (χ0n) is 19.1. The van der Waals surface area contributed by atoms with Crippen molar-refractivity contribution in [1.29, 1.82) is 0 Å². The van der Waals surface area contributed by atoms with Gasteiger partial charge in [0.05, 0.1) is 31.7 Å². The van der Waals surface area contributed by atoms with E-state index in [1.54, 1.807) is 4.90 Å². The van der Waals surface area contributed by atoms with E-state index in [9.17, 15) is 9.59 Å². The van der Waals surface area contributed by atoms with Gasteiger partial charge in [-0.05, 0) is 49.9 Å². The Morgan fingerprint density at radius 3 is 2.50 bits per heavy atom. The number of carbonyl (C=O) groups is 2. The lowest BCUT2D eigenvalue weighted by molar-refractivity contribution is -0.136. The van der Waals surface area contributed by atoms with Crippen LogP contribution in [0.2, 0.25) is 0 Å². The lowest BCUT2D eigenvalue weighted by Crippen LogP contribution is -2.45. The Morgan fingerprint density at radius 2 is 1.78 bits per heavy atom. The van der Waals surface area contributed by atoms with Gasteiger partial charge in [-0.25, -0.2) is 0 Å². The summed E-state index contributed by atoms with van der Waals surface area (Å²) >= 11 is 0. The number of carbonyl (C=O) groups excluding carboxylic acids is 2. The average molecular weight is 439 g/mol. The van der Waals surface area contributed by atoms with Gasteiger partial charge in [0.2, 0.25) is 11.8 Å². The van der Waals surface area contributed by atoms with E-state index in [1.807, 2.05) is 68.4 Å². The normalized spacial score (nSPS) is 16.1. The Balaban J connectivity index is 1.40. The zero-order chi connectivity index (χ0) is 22.8. The number of hydrogen-bond acceptors (Lipinski definition) is 4. The first kappa shape index (κ1) is 23.8. The maximum absolute atomic E-state index is 12.7. The van der Waals surface area contributed by atoms with Gasteiger partial charge in [-0.1, -0.05) is 42.5 Å². The quantitative estimate of drug-likeness (QED) is 0.610. The minimum absolute atomic E-state index is 0.00949. The summed E-state index contributed by atoms with van der Waals surface area (Å²) in [7, 11) is 0. The summed E-state index contributed by atoms with van der Waals surface area (Å²) in [4.78, 5) is 27.1. The average Bonchev–Trinajstić information content (AvgIpc) is 2.82. The van der Waals surface area contributed by atoms with E-state index >= 15 is 0 Å². The number of piperidine rings is 1. The Labute approximate surface area is 190 Å². The Morgan fingerprint density at radius 1 is 1.06 bits per heavy atom. The number of likely N-dealkylation sites (tertiary alicyclic amines) is 1. The fourth-order valence-corrected chi connectivity index (χ4v) is 3.70. The zero-order valence-corrected chi connectivity index (χ0v) is 19.1. The van der Waals surface area contributed by atoms with Gasteiger partial charge >= 0.3 is 0 Å². The molecule has 32 heavy (non-hydrogen) atoms. The first-order chi connectivity index (χ1) is 15.5. The van der Waals surface area contributed by atoms with Crippen LogP contribution in [0.1, 0.15) is 44.2 Å². The van der Waals surface area contributed by atoms with E-state index in [1.165, 1.54) is 0 Å². The highest BCUT2D eigenvalue weighted by molar-refractivity contribution is 5.81. The maximum atomic E-state index is 12.7. The molecular formula is C26H34N2O4. The second kappa shape index (κ2) is 12.2. The second-order valence-electron chi connectivity index (χ2n) is 8.48. The largest absolute Gasteiger partial charge is 0.493 e. The number of amides is 2. The van der Waals surface area contributed by atoms with Gasteiger partial charge in [-0.3, -0.25) is 9.59 Å². The predicted molar refractivity (Wildman–Crippen MR) is 124 cm³/mol. The number of para-hydroxylation sites is 1. The number of hydrogen-bond donors (Lipinski definition) is 1. The van der Waals surface area contributed by atoms with Crippen LogP contribution < -0.4 is 10.1 Å². The Hall–Kier alpha value is -2.86. The lowest BCUT2D eigenvalue weighted by Gasteiger charge is -2.32. The van der Waals surface area contributed by atoms with Gasteiger partial charge in [0.15, 0.2) is 0 Å². The molecule has 1 aliphatic heterocycles. The molecule has 1 N–H and O–H groups in total. The van der Waals surface area contributed by atoms with Crippen LogP contribution in [0.4, 0.5) is 0 Å². The SMILES string of the molecule is CC(C)OCc1ccc(CNC(=O)C2CCCN(C(=O)CCOc3ccccc3)C2)cc1. The molecule has 1 saturated heterocycles. The molecule has 6 heteroatoms. The molecule has 1 aliphatic rings. The van der Waals surface area contributed by atoms with Gasteiger partial charge in [0, 0.05) is 19.6 Å². The Kier molecular flexibility index (Phi) is 9.11. The van der Waals surface area contributed by atoms with E-state index < -0.39 is 0 Å². The molecular weight excluding hydrogens is 404 g/mol. The minimum atomic E-state index is -0.165. The smallest absolute Gasteiger partial charge is 0.226 e. The first-order valence-electron chi connectivity index (χ1n) is 11.4. The summed E-state index contributed by atoms with van der Waals surface area (Å²) in [6, 6.07) is 17.6. The van der Waals surface area contributed by atoms with Crippen LogP contribution in [0.25, 0.3) is 0 Å². The molecule has 1 fully saturated rings. The summed E-state index contributed by atoms with van der Waals surface area (Å²) in [5, 5.41) is 3.03. The van der Waals surface area contributed by atoms with Crippen molar-refractivity contribution in [2.45, 2.75) is 52.4 Å². The van der Waals surface area contributed by atoms with E-state index in [0.29, 0.717) is 39.3 Å². The van der Waals surface area contributed by atoms with Crippen molar-refractivity contribution < 1.29 is 19.1 Å². The van der Waals surface area contributed by atoms with Gasteiger partial charge in [0.25, 0.3) is 0 Å². The van der Waals surface area contributed by atoms with E-state index in [0.717, 1.165) is 29.7 Å². The number of nitrogens with one attached hydrogen (secondary N) is 1. The molecule has 1 heterocycles. The van der Waals surface area contributed by atoms with Crippen molar-refractivity contribution in [3.05, 3.63) is 65.7 Å². The molecule has 6 nitrogen and oxygen atoms in total. The monoisotopic (exact) mass is 438 g/mol. The third kappa shape index (κ3) is 7.68. The van der Waals surface area contributed by atoms with Crippen molar-refractivity contribution in [1.82, 2.24) is 10.2 Å². The van der Waals surface area contributed by atoms with Gasteiger partial charge in [0.1, 0.15) is 5.75 Å². The molecule has 0 radical (unpaired) electrons. The summed E-state index contributed by atoms with van der Waals surface area (Å²) in [6.45, 7) is 6.63. The molecule has 2 aromatic rings. The predicted octanol–water partition coefficient (Wildman–Crippen LogP) is 3.94. The molecule has 2 amide bonds. The highest BCUT2D eigenvalue weighted by atomic mass is 16.5. The van der Waals surface area contributed by atoms with Crippen molar-refractivity contribution in [2.75, 3.05) is 19.7 Å². The molecule has 0 aliphatic carbocycles. The summed E-state index contributed by atoms with van der Waals surface area (Å²) in [5.41, 5.74) is 2.17. The fraction of sp³-hybridized carbons (Fsp3) is 0.462. The van der Waals surface area contributed by atoms with Crippen LogP contribution in [-0.4, -0.2) is 42.5 Å². The standard InChI is InChI=1S/C26H34N2O4/c1-20(2)32-19-22-12-10-21(11-13-22)17-27-26(30)23-7-6-15-28(18-23)25(29)14-16-31-24-8-4-3-5-9-24/h3-5,8-13,20,23H,6-7,14-19H2,1-2H3,(H,27,30). The Bertz CT molecular complexity index is 852. The van der Waals surface area contributed by atoms with Crippen LogP contribution in [0.5, 0.6) is 5.75 Å². The molecule has 0 spiro atoms. The number of nitrogens with zero attached hydrogens (tertiary/aromatic N) is 1. The molecule has 0 saturated carbocycles. The topological polar surface area (TPSA) is 67.9 Å². The highest BCUT2D eigenvalue weighted by Gasteiger charge is 2.28. The van der Waals surface area contributed by atoms with Crippen LogP contribution in [0.15, 0.2) is 54.6 Å². The van der Waals surface area contributed by atoms with Crippen LogP contribution in [0, 0.1) is 5.92 Å². The summed E-state index contributed by atoms with van der Waals surface area (Å²) in [5.74, 6) is 0.644. The second-order valence-corrected chi connectivity index (χ2v) is 8.48. The molecule has 1 unspecified atom stereocenters. The van der Waals surface area contributed by atoms with E-state index in [4.69, 9.17) is 9.47 Å². The van der Waals surface area contributed by atoms with Crippen molar-refractivity contribution in [3.8, 4) is 5.75 Å². The fourth-order valence-electron chi connectivity index (χ4n) is 3.70. The molecule has 0 bridgehead atoms. The van der Waals surface area contributed by atoms with Gasteiger partial charge < -0.3 is 19.7 Å². The van der Waals surface area contributed by atoms with Crippen LogP contribution in [-0.2, 0) is 27.5 Å². The van der Waals surface area contributed by atoms with Crippen molar-refractivity contribution >= 4 is 11.8 Å². The third-order valence-corrected chi connectivity index (χ3v) is 5.55. The number of rotatable bonds is 10. The highest BCUT2D eigenvalue weighted by Crippen LogP contribution is 2.18. The minimum Gasteiger partial charge on any atom is -0.493 e. The summed E-state index contributed by atoms with van der Waals surface area (Å²) < 4.78 is 11.2. The number of ether oxygens (including phenoxy) is 2. The third-order valence-electron chi connectivity index (χ3n) is 5.55. The molecule has 1 atom stereocenters. The molecule has 3 rings (SSSR count). The van der Waals surface area contributed by atoms with E-state index in [2.05, 4.69) is 5.32 Å². The molecule has 0 aromatic heterocycles. The summed E-state index contributed by atoms with van der Waals surface area (Å²) in [6.07, 6.45) is 2.17. The first-order valence-corrected chi connectivity index (χ1v) is 11.4. The van der Waals surface area contributed by atoms with Gasteiger partial charge in [-0.15, -0.1) is 0 Å².